The number of benzene rings is 1. The average molecular weight is 290 g/mol. The van der Waals surface area contributed by atoms with Gasteiger partial charge in [0, 0.05) is 0 Å². The minimum Gasteiger partial charge on any atom is -0.468 e. The zero-order valence-corrected chi connectivity index (χ0v) is 11.3. The Morgan fingerprint density at radius 2 is 2.05 bits per heavy atom. The minimum absolute atomic E-state index is 0.169. The van der Waals surface area contributed by atoms with Crippen molar-refractivity contribution < 1.29 is 18.9 Å². The molecule has 0 amide bonds. The molecule has 2 aromatic rings. The number of esters is 1. The number of methoxy groups -OCH3 is 1. The van der Waals surface area contributed by atoms with E-state index in [0.29, 0.717) is 5.76 Å². The number of furan rings is 1. The van der Waals surface area contributed by atoms with Crippen molar-refractivity contribution >= 4 is 11.9 Å². The molecular weight excluding hydrogens is 276 g/mol. The van der Waals surface area contributed by atoms with Gasteiger partial charge in [0.2, 0.25) is 0 Å². The smallest absolute Gasteiger partial charge is 0.433 e. The number of hydrogen-bond acceptors (Lipinski definition) is 6. The van der Waals surface area contributed by atoms with E-state index in [1.54, 1.807) is 12.1 Å². The lowest BCUT2D eigenvalue weighted by Crippen LogP contribution is -2.29. The molecule has 0 aliphatic carbocycles. The van der Waals surface area contributed by atoms with Gasteiger partial charge in [0.25, 0.3) is 0 Å². The van der Waals surface area contributed by atoms with Gasteiger partial charge in [-0.2, -0.15) is 0 Å². The van der Waals surface area contributed by atoms with E-state index in [1.165, 1.54) is 19.2 Å². The third-order valence-electron chi connectivity index (χ3n) is 2.88. The lowest BCUT2D eigenvalue weighted by molar-refractivity contribution is -0.402. The van der Waals surface area contributed by atoms with Crippen LogP contribution in [0.5, 0.6) is 0 Å². The van der Waals surface area contributed by atoms with Crippen molar-refractivity contribution in [3.8, 4) is 0 Å². The summed E-state index contributed by atoms with van der Waals surface area (Å²) in [6.45, 7) is 0.169. The predicted octanol–water partition coefficient (Wildman–Crippen LogP) is 2.19. The standard InChI is InChI=1S/C14H14N2O5/c1-20-14(17)13(10-5-3-2-4-6-10)15-9-11-7-8-12(21-11)16(18)19/h2-8,13,15H,9H2,1H3. The van der Waals surface area contributed by atoms with Crippen LogP contribution in [0.2, 0.25) is 0 Å². The van der Waals surface area contributed by atoms with Crippen LogP contribution in [0.1, 0.15) is 17.4 Å². The predicted molar refractivity (Wildman–Crippen MR) is 73.4 cm³/mol. The molecule has 0 radical (unpaired) electrons. The number of carbonyl (C=O) groups is 1. The maximum Gasteiger partial charge on any atom is 0.433 e. The van der Waals surface area contributed by atoms with E-state index in [0.717, 1.165) is 5.56 Å². The van der Waals surface area contributed by atoms with Gasteiger partial charge in [0.15, 0.2) is 0 Å². The summed E-state index contributed by atoms with van der Waals surface area (Å²) in [5, 5.41) is 13.5. The van der Waals surface area contributed by atoms with Crippen LogP contribution in [-0.2, 0) is 16.1 Å². The van der Waals surface area contributed by atoms with Gasteiger partial charge in [-0.05, 0) is 11.6 Å². The molecule has 7 nitrogen and oxygen atoms in total. The van der Waals surface area contributed by atoms with Crippen molar-refractivity contribution in [1.82, 2.24) is 5.32 Å². The summed E-state index contributed by atoms with van der Waals surface area (Å²) in [5.41, 5.74) is 0.741. The number of nitrogens with zero attached hydrogens (tertiary/aromatic N) is 1. The summed E-state index contributed by atoms with van der Waals surface area (Å²) in [6.07, 6.45) is 0. The zero-order chi connectivity index (χ0) is 15.2. The van der Waals surface area contributed by atoms with Crippen LogP contribution in [0, 0.1) is 10.1 Å². The fraction of sp³-hybridized carbons (Fsp3) is 0.214. The molecule has 7 heteroatoms. The Bertz CT molecular complexity index is 623. The first-order valence-corrected chi connectivity index (χ1v) is 6.21. The number of hydrogen-bond donors (Lipinski definition) is 1. The van der Waals surface area contributed by atoms with Gasteiger partial charge in [-0.1, -0.05) is 30.3 Å². The topological polar surface area (TPSA) is 94.6 Å². The zero-order valence-electron chi connectivity index (χ0n) is 11.3. The van der Waals surface area contributed by atoms with Crippen molar-refractivity contribution in [2.24, 2.45) is 0 Å². The monoisotopic (exact) mass is 290 g/mol. The summed E-state index contributed by atoms with van der Waals surface area (Å²) >= 11 is 0. The first-order valence-electron chi connectivity index (χ1n) is 6.21. The second-order valence-corrected chi connectivity index (χ2v) is 4.24. The Kier molecular flexibility index (Phi) is 4.68. The lowest BCUT2D eigenvalue weighted by atomic mass is 10.1. The van der Waals surface area contributed by atoms with Crippen LogP contribution in [0.25, 0.3) is 0 Å². The molecule has 1 aromatic heterocycles. The molecule has 0 spiro atoms. The molecule has 1 N–H and O–H groups in total. The normalized spacial score (nSPS) is 11.9. The molecule has 1 atom stereocenters. The van der Waals surface area contributed by atoms with E-state index in [-0.39, 0.29) is 12.4 Å². The highest BCUT2D eigenvalue weighted by Crippen LogP contribution is 2.18. The molecule has 0 fully saturated rings. The highest BCUT2D eigenvalue weighted by Gasteiger charge is 2.21. The van der Waals surface area contributed by atoms with E-state index in [4.69, 9.17) is 9.15 Å². The van der Waals surface area contributed by atoms with Gasteiger partial charge in [0.1, 0.15) is 16.7 Å². The molecule has 0 aliphatic heterocycles. The van der Waals surface area contributed by atoms with E-state index >= 15 is 0 Å². The largest absolute Gasteiger partial charge is 0.468 e. The molecular formula is C14H14N2O5. The van der Waals surface area contributed by atoms with Gasteiger partial charge in [-0.15, -0.1) is 0 Å². The third-order valence-corrected chi connectivity index (χ3v) is 2.88. The van der Waals surface area contributed by atoms with Crippen molar-refractivity contribution in [1.29, 1.82) is 0 Å². The first-order chi connectivity index (χ1) is 10.1. The van der Waals surface area contributed by atoms with E-state index in [1.807, 2.05) is 18.2 Å². The number of ether oxygens (including phenoxy) is 1. The Hall–Kier alpha value is -2.67. The molecule has 2 rings (SSSR count). The second-order valence-electron chi connectivity index (χ2n) is 4.24. The van der Waals surface area contributed by atoms with Gasteiger partial charge < -0.3 is 9.15 Å². The Morgan fingerprint density at radius 3 is 2.62 bits per heavy atom. The molecule has 1 aromatic carbocycles. The highest BCUT2D eigenvalue weighted by molar-refractivity contribution is 5.77. The quantitative estimate of drug-likeness (QED) is 0.498. The summed E-state index contributed by atoms with van der Waals surface area (Å²) < 4.78 is 9.79. The Morgan fingerprint density at radius 1 is 1.33 bits per heavy atom. The lowest BCUT2D eigenvalue weighted by Gasteiger charge is -2.15. The molecule has 21 heavy (non-hydrogen) atoms. The Balaban J connectivity index is 2.09. The van der Waals surface area contributed by atoms with Crippen molar-refractivity contribution in [2.75, 3.05) is 7.11 Å². The molecule has 0 saturated carbocycles. The highest BCUT2D eigenvalue weighted by atomic mass is 16.6. The third kappa shape index (κ3) is 3.67. The fourth-order valence-corrected chi connectivity index (χ4v) is 1.86. The molecule has 0 saturated heterocycles. The maximum atomic E-state index is 11.8. The molecule has 110 valence electrons. The fourth-order valence-electron chi connectivity index (χ4n) is 1.86. The van der Waals surface area contributed by atoms with E-state index < -0.39 is 16.9 Å². The van der Waals surface area contributed by atoms with Crippen molar-refractivity contribution in [3.63, 3.8) is 0 Å². The number of rotatable bonds is 6. The number of nitrogens with one attached hydrogen (secondary N) is 1. The first kappa shape index (κ1) is 14.7. The molecule has 1 unspecified atom stereocenters. The summed E-state index contributed by atoms with van der Waals surface area (Å²) in [4.78, 5) is 21.8. The van der Waals surface area contributed by atoms with Crippen molar-refractivity contribution in [3.05, 3.63) is 63.9 Å². The van der Waals surface area contributed by atoms with Crippen LogP contribution in [0.15, 0.2) is 46.9 Å². The molecule has 0 bridgehead atoms. The molecule has 1 heterocycles. The Labute approximate surface area is 120 Å². The SMILES string of the molecule is COC(=O)C(NCc1ccc([N+](=O)[O-])o1)c1ccccc1. The van der Waals surface area contributed by atoms with Gasteiger partial charge in [0.05, 0.1) is 19.7 Å². The maximum absolute atomic E-state index is 11.8. The summed E-state index contributed by atoms with van der Waals surface area (Å²) in [6, 6.07) is 11.1. The summed E-state index contributed by atoms with van der Waals surface area (Å²) in [5.74, 6) is -0.407. The summed E-state index contributed by atoms with van der Waals surface area (Å²) in [7, 11) is 1.30. The van der Waals surface area contributed by atoms with E-state index in [2.05, 4.69) is 5.32 Å². The number of nitro groups is 1. The van der Waals surface area contributed by atoms with Crippen LogP contribution in [0.3, 0.4) is 0 Å². The van der Waals surface area contributed by atoms with Crippen molar-refractivity contribution in [2.45, 2.75) is 12.6 Å². The minimum atomic E-state index is -0.666. The van der Waals surface area contributed by atoms with Gasteiger partial charge >= 0.3 is 11.9 Å². The number of carbonyl (C=O) groups excluding carboxylic acids is 1. The second kappa shape index (κ2) is 6.67. The van der Waals surface area contributed by atoms with Gasteiger partial charge in [-0.25, -0.2) is 4.79 Å². The van der Waals surface area contributed by atoms with Crippen LogP contribution in [-0.4, -0.2) is 18.0 Å². The average Bonchev–Trinajstić information content (AvgIpc) is 2.97. The van der Waals surface area contributed by atoms with Gasteiger partial charge in [-0.3, -0.25) is 15.4 Å². The van der Waals surface area contributed by atoms with Crippen LogP contribution < -0.4 is 5.32 Å². The van der Waals surface area contributed by atoms with Crippen LogP contribution >= 0.6 is 0 Å². The van der Waals surface area contributed by atoms with Crippen LogP contribution in [0.4, 0.5) is 5.88 Å². The molecule has 0 aliphatic rings. The van der Waals surface area contributed by atoms with E-state index in [9.17, 15) is 14.9 Å².